The van der Waals surface area contributed by atoms with Gasteiger partial charge in [0.25, 0.3) is 5.91 Å². The first kappa shape index (κ1) is 16.6. The van der Waals surface area contributed by atoms with Crippen LogP contribution < -0.4 is 10.6 Å². The molecular weight excluding hydrogens is 311 g/mol. The standard InChI is InChI=1S/C17H21FN4O2/c1-3-13-10(2)16(22-21-13)17(23)20-14-5-4-11(8-12(14)18)15-9-19-6-7-24-15/h4-5,8,15,19H,3,6-7,9H2,1-2H3,(H,20,23)(H,21,22). The van der Waals surface area contributed by atoms with E-state index in [1.54, 1.807) is 12.1 Å². The Labute approximate surface area is 139 Å². The maximum absolute atomic E-state index is 14.3. The van der Waals surface area contributed by atoms with Crippen LogP contribution in [0.5, 0.6) is 0 Å². The number of ether oxygens (including phenoxy) is 1. The molecule has 1 aliphatic rings. The highest BCUT2D eigenvalue weighted by molar-refractivity contribution is 6.04. The molecule has 0 spiro atoms. The third-order valence-electron chi connectivity index (χ3n) is 4.22. The van der Waals surface area contributed by atoms with Gasteiger partial charge < -0.3 is 15.4 Å². The number of rotatable bonds is 4. The Hall–Kier alpha value is -2.25. The number of nitrogens with one attached hydrogen (secondary N) is 3. The molecular formula is C17H21FN4O2. The lowest BCUT2D eigenvalue weighted by molar-refractivity contribution is 0.0275. The highest BCUT2D eigenvalue weighted by atomic mass is 19.1. The van der Waals surface area contributed by atoms with Gasteiger partial charge in [-0.2, -0.15) is 5.10 Å². The van der Waals surface area contributed by atoms with Gasteiger partial charge in [0.05, 0.1) is 18.4 Å². The summed E-state index contributed by atoms with van der Waals surface area (Å²) >= 11 is 0. The van der Waals surface area contributed by atoms with Crippen molar-refractivity contribution in [1.82, 2.24) is 15.5 Å². The van der Waals surface area contributed by atoms with Crippen LogP contribution in [0.25, 0.3) is 0 Å². The first-order chi connectivity index (χ1) is 11.6. The summed E-state index contributed by atoms with van der Waals surface area (Å²) in [6.45, 7) is 5.85. The van der Waals surface area contributed by atoms with E-state index in [2.05, 4.69) is 20.8 Å². The van der Waals surface area contributed by atoms with Crippen molar-refractivity contribution in [2.45, 2.75) is 26.4 Å². The Morgan fingerprint density at radius 3 is 2.96 bits per heavy atom. The van der Waals surface area contributed by atoms with Gasteiger partial charge in [-0.3, -0.25) is 9.89 Å². The molecule has 2 aromatic rings. The van der Waals surface area contributed by atoms with Crippen molar-refractivity contribution in [3.63, 3.8) is 0 Å². The third kappa shape index (κ3) is 3.32. The molecule has 1 atom stereocenters. The second kappa shape index (κ2) is 7.11. The van der Waals surface area contributed by atoms with Gasteiger partial charge in [-0.15, -0.1) is 0 Å². The maximum Gasteiger partial charge on any atom is 0.276 e. The lowest BCUT2D eigenvalue weighted by atomic mass is 10.1. The molecule has 6 nitrogen and oxygen atoms in total. The zero-order valence-corrected chi connectivity index (χ0v) is 13.8. The number of benzene rings is 1. The highest BCUT2D eigenvalue weighted by Crippen LogP contribution is 2.24. The third-order valence-corrected chi connectivity index (χ3v) is 4.22. The SMILES string of the molecule is CCc1[nH]nc(C(=O)Nc2ccc(C3CNCCO3)cc2F)c1C. The number of aromatic nitrogens is 2. The van der Waals surface area contributed by atoms with Crippen molar-refractivity contribution >= 4 is 11.6 Å². The van der Waals surface area contributed by atoms with Crippen LogP contribution >= 0.6 is 0 Å². The van der Waals surface area contributed by atoms with Crippen LogP contribution in [-0.2, 0) is 11.2 Å². The number of anilines is 1. The topological polar surface area (TPSA) is 79.0 Å². The monoisotopic (exact) mass is 332 g/mol. The number of carbonyl (C=O) groups is 1. The minimum absolute atomic E-state index is 0.132. The van der Waals surface area contributed by atoms with Crippen molar-refractivity contribution < 1.29 is 13.9 Å². The summed E-state index contributed by atoms with van der Waals surface area (Å²) < 4.78 is 19.9. The van der Waals surface area contributed by atoms with Gasteiger partial charge in [-0.1, -0.05) is 13.0 Å². The Morgan fingerprint density at radius 1 is 1.50 bits per heavy atom. The lowest BCUT2D eigenvalue weighted by Crippen LogP contribution is -2.33. The minimum atomic E-state index is -0.487. The summed E-state index contributed by atoms with van der Waals surface area (Å²) in [5.41, 5.74) is 2.86. The Morgan fingerprint density at radius 2 is 2.33 bits per heavy atom. The number of halogens is 1. The number of hydrogen-bond acceptors (Lipinski definition) is 4. The summed E-state index contributed by atoms with van der Waals surface area (Å²) in [7, 11) is 0. The number of aryl methyl sites for hydroxylation is 1. The van der Waals surface area contributed by atoms with E-state index >= 15 is 0 Å². The fourth-order valence-corrected chi connectivity index (χ4v) is 2.79. The van der Waals surface area contributed by atoms with Gasteiger partial charge in [-0.05, 0) is 31.0 Å². The fraction of sp³-hybridized carbons (Fsp3) is 0.412. The molecule has 0 radical (unpaired) electrons. The lowest BCUT2D eigenvalue weighted by Gasteiger charge is -2.24. The van der Waals surface area contributed by atoms with E-state index in [1.165, 1.54) is 6.07 Å². The average molecular weight is 332 g/mol. The molecule has 3 rings (SSSR count). The molecule has 1 amide bonds. The molecule has 1 aromatic carbocycles. The zero-order chi connectivity index (χ0) is 17.1. The van der Waals surface area contributed by atoms with Crippen LogP contribution in [0.4, 0.5) is 10.1 Å². The van der Waals surface area contributed by atoms with E-state index in [0.29, 0.717) is 13.2 Å². The number of amides is 1. The van der Waals surface area contributed by atoms with Crippen molar-refractivity contribution in [1.29, 1.82) is 0 Å². The van der Waals surface area contributed by atoms with E-state index in [4.69, 9.17) is 4.74 Å². The van der Waals surface area contributed by atoms with Crippen molar-refractivity contribution in [2.24, 2.45) is 0 Å². The first-order valence-electron chi connectivity index (χ1n) is 8.07. The van der Waals surface area contributed by atoms with Gasteiger partial charge >= 0.3 is 0 Å². The zero-order valence-electron chi connectivity index (χ0n) is 13.8. The molecule has 0 aliphatic carbocycles. The van der Waals surface area contributed by atoms with Crippen molar-refractivity contribution in [3.8, 4) is 0 Å². The Bertz CT molecular complexity index is 738. The summed E-state index contributed by atoms with van der Waals surface area (Å²) in [6.07, 6.45) is 0.587. The van der Waals surface area contributed by atoms with Crippen LogP contribution in [0, 0.1) is 12.7 Å². The van der Waals surface area contributed by atoms with E-state index in [0.717, 1.165) is 29.8 Å². The molecule has 1 aliphatic heterocycles. The normalized spacial score (nSPS) is 17.7. The summed E-state index contributed by atoms with van der Waals surface area (Å²) in [6, 6.07) is 4.73. The molecule has 0 saturated carbocycles. The number of hydrogen-bond donors (Lipinski definition) is 3. The van der Waals surface area contributed by atoms with E-state index in [9.17, 15) is 9.18 Å². The molecule has 1 unspecified atom stereocenters. The largest absolute Gasteiger partial charge is 0.371 e. The van der Waals surface area contributed by atoms with Crippen molar-refractivity contribution in [3.05, 3.63) is 46.5 Å². The smallest absolute Gasteiger partial charge is 0.276 e. The molecule has 1 fully saturated rings. The molecule has 128 valence electrons. The number of aromatic amines is 1. The Balaban J connectivity index is 1.75. The maximum atomic E-state index is 14.3. The molecule has 7 heteroatoms. The van der Waals surface area contributed by atoms with Crippen LogP contribution in [0.15, 0.2) is 18.2 Å². The molecule has 0 bridgehead atoms. The van der Waals surface area contributed by atoms with E-state index in [-0.39, 0.29) is 17.5 Å². The van der Waals surface area contributed by atoms with Crippen LogP contribution in [-0.4, -0.2) is 35.8 Å². The molecule has 3 N–H and O–H groups in total. The predicted molar refractivity (Wildman–Crippen MR) is 88.6 cm³/mol. The van der Waals surface area contributed by atoms with Gasteiger partial charge in [0.15, 0.2) is 5.69 Å². The van der Waals surface area contributed by atoms with Gasteiger partial charge in [0.2, 0.25) is 0 Å². The second-order valence-electron chi connectivity index (χ2n) is 5.79. The summed E-state index contributed by atoms with van der Waals surface area (Å²) in [5, 5.41) is 12.6. The summed E-state index contributed by atoms with van der Waals surface area (Å²) in [5.74, 6) is -0.912. The van der Waals surface area contributed by atoms with E-state index in [1.807, 2.05) is 13.8 Å². The molecule has 24 heavy (non-hydrogen) atoms. The number of nitrogens with zero attached hydrogens (tertiary/aromatic N) is 1. The molecule has 1 aromatic heterocycles. The molecule has 1 saturated heterocycles. The molecule has 2 heterocycles. The minimum Gasteiger partial charge on any atom is -0.371 e. The van der Waals surface area contributed by atoms with Crippen LogP contribution in [0.2, 0.25) is 0 Å². The highest BCUT2D eigenvalue weighted by Gasteiger charge is 2.19. The van der Waals surface area contributed by atoms with Gasteiger partial charge in [0, 0.05) is 24.3 Å². The Kier molecular flexibility index (Phi) is 4.92. The number of H-pyrrole nitrogens is 1. The van der Waals surface area contributed by atoms with Gasteiger partial charge in [0.1, 0.15) is 5.82 Å². The number of carbonyl (C=O) groups excluding carboxylic acids is 1. The predicted octanol–water partition coefficient (Wildman–Crippen LogP) is 2.33. The van der Waals surface area contributed by atoms with Gasteiger partial charge in [-0.25, -0.2) is 4.39 Å². The van der Waals surface area contributed by atoms with Crippen molar-refractivity contribution in [2.75, 3.05) is 25.0 Å². The fourth-order valence-electron chi connectivity index (χ4n) is 2.79. The second-order valence-corrected chi connectivity index (χ2v) is 5.79. The first-order valence-corrected chi connectivity index (χ1v) is 8.07. The number of morpholine rings is 1. The van der Waals surface area contributed by atoms with Crippen LogP contribution in [0.1, 0.15) is 40.3 Å². The van der Waals surface area contributed by atoms with E-state index < -0.39 is 11.7 Å². The average Bonchev–Trinajstić information content (AvgIpc) is 2.98. The summed E-state index contributed by atoms with van der Waals surface area (Å²) in [4.78, 5) is 12.3. The van der Waals surface area contributed by atoms with Crippen LogP contribution in [0.3, 0.4) is 0 Å². The quantitative estimate of drug-likeness (QED) is 0.803.